The molecule has 1 fully saturated rings. The van der Waals surface area contributed by atoms with Crippen LogP contribution in [0, 0.1) is 11.2 Å². The van der Waals surface area contributed by atoms with Crippen LogP contribution in [0.4, 0.5) is 4.39 Å². The van der Waals surface area contributed by atoms with Crippen LogP contribution in [-0.2, 0) is 17.8 Å². The molecule has 2 aliphatic heterocycles. The van der Waals surface area contributed by atoms with E-state index in [0.29, 0.717) is 25.0 Å². The molecule has 0 aromatic heterocycles. The molecule has 0 radical (unpaired) electrons. The van der Waals surface area contributed by atoms with Gasteiger partial charge in [-0.1, -0.05) is 13.8 Å². The fourth-order valence-corrected chi connectivity index (χ4v) is 3.64. The van der Waals surface area contributed by atoms with Gasteiger partial charge < -0.3 is 19.7 Å². The summed E-state index contributed by atoms with van der Waals surface area (Å²) in [5.41, 5.74) is 2.01. The highest BCUT2D eigenvalue weighted by Crippen LogP contribution is 2.33. The molecule has 0 bridgehead atoms. The molecule has 1 atom stereocenters. The minimum Gasteiger partial charge on any atom is -0.467 e. The third-order valence-corrected chi connectivity index (χ3v) is 5.44. The standard InChI is InChI=1S/C20H30FN3O2/c1-4-20(3)7-9-24(13-20)19(22-5-2)23-8-6-15-10-17(21)11-16-12-25-14-26-18(15)16/h10-11H,4-9,12-14H2,1-3H3,(H,22,23). The fourth-order valence-electron chi connectivity index (χ4n) is 3.64. The predicted molar refractivity (Wildman–Crippen MR) is 101 cm³/mol. The van der Waals surface area contributed by atoms with E-state index in [1.54, 1.807) is 6.07 Å². The summed E-state index contributed by atoms with van der Waals surface area (Å²) < 4.78 is 24.7. The second-order valence-corrected chi connectivity index (χ2v) is 7.49. The maximum atomic E-state index is 13.9. The molecule has 3 rings (SSSR count). The van der Waals surface area contributed by atoms with E-state index in [0.717, 1.165) is 42.5 Å². The Labute approximate surface area is 155 Å². The first-order valence-corrected chi connectivity index (χ1v) is 9.60. The molecule has 0 amide bonds. The summed E-state index contributed by atoms with van der Waals surface area (Å²) in [5, 5.41) is 3.40. The molecule has 0 saturated carbocycles. The van der Waals surface area contributed by atoms with Crippen LogP contribution in [0.15, 0.2) is 17.1 Å². The topological polar surface area (TPSA) is 46.1 Å². The lowest BCUT2D eigenvalue weighted by Gasteiger charge is -2.25. The number of guanidine groups is 1. The number of halogens is 1. The monoisotopic (exact) mass is 363 g/mol. The number of likely N-dealkylation sites (tertiary alicyclic amines) is 1. The van der Waals surface area contributed by atoms with Crippen LogP contribution in [0.2, 0.25) is 0 Å². The van der Waals surface area contributed by atoms with Gasteiger partial charge in [-0.3, -0.25) is 4.99 Å². The molecule has 0 spiro atoms. The molecule has 144 valence electrons. The minimum absolute atomic E-state index is 0.223. The van der Waals surface area contributed by atoms with Gasteiger partial charge in [-0.25, -0.2) is 4.39 Å². The maximum absolute atomic E-state index is 13.9. The zero-order chi connectivity index (χ0) is 18.6. The number of hydrogen-bond acceptors (Lipinski definition) is 3. The Balaban J connectivity index is 1.69. The van der Waals surface area contributed by atoms with Crippen molar-refractivity contribution in [3.05, 3.63) is 29.1 Å². The lowest BCUT2D eigenvalue weighted by Crippen LogP contribution is -2.41. The van der Waals surface area contributed by atoms with E-state index in [1.807, 2.05) is 0 Å². The molecular weight excluding hydrogens is 333 g/mol. The smallest absolute Gasteiger partial charge is 0.193 e. The van der Waals surface area contributed by atoms with Crippen LogP contribution in [0.3, 0.4) is 0 Å². The fraction of sp³-hybridized carbons (Fsp3) is 0.650. The van der Waals surface area contributed by atoms with E-state index >= 15 is 0 Å². The van der Waals surface area contributed by atoms with Gasteiger partial charge in [0.1, 0.15) is 11.6 Å². The molecule has 26 heavy (non-hydrogen) atoms. The molecule has 1 aromatic carbocycles. The average molecular weight is 363 g/mol. The quantitative estimate of drug-likeness (QED) is 0.644. The van der Waals surface area contributed by atoms with Gasteiger partial charge in [-0.2, -0.15) is 0 Å². The number of nitrogens with one attached hydrogen (secondary N) is 1. The highest BCUT2D eigenvalue weighted by Gasteiger charge is 2.33. The van der Waals surface area contributed by atoms with E-state index in [4.69, 9.17) is 14.5 Å². The van der Waals surface area contributed by atoms with Crippen molar-refractivity contribution in [3.8, 4) is 5.75 Å². The van der Waals surface area contributed by atoms with Crippen LogP contribution in [-0.4, -0.2) is 43.8 Å². The van der Waals surface area contributed by atoms with E-state index in [9.17, 15) is 4.39 Å². The van der Waals surface area contributed by atoms with Crippen LogP contribution < -0.4 is 10.1 Å². The van der Waals surface area contributed by atoms with Gasteiger partial charge in [0.25, 0.3) is 0 Å². The Kier molecular flexibility index (Phi) is 6.01. The van der Waals surface area contributed by atoms with Crippen LogP contribution in [0.5, 0.6) is 5.75 Å². The summed E-state index contributed by atoms with van der Waals surface area (Å²) in [5.74, 6) is 1.47. The molecule has 2 aliphatic rings. The van der Waals surface area contributed by atoms with Crippen molar-refractivity contribution in [2.45, 2.75) is 46.6 Å². The molecule has 0 aliphatic carbocycles. The summed E-state index contributed by atoms with van der Waals surface area (Å²) in [6, 6.07) is 3.04. The molecule has 1 unspecified atom stereocenters. The van der Waals surface area contributed by atoms with Crippen LogP contribution >= 0.6 is 0 Å². The van der Waals surface area contributed by atoms with E-state index in [-0.39, 0.29) is 12.6 Å². The van der Waals surface area contributed by atoms with Gasteiger partial charge in [0, 0.05) is 31.7 Å². The highest BCUT2D eigenvalue weighted by atomic mass is 19.1. The zero-order valence-corrected chi connectivity index (χ0v) is 16.1. The SMILES string of the molecule is CCNC(=NCCc1cc(F)cc2c1OCOC2)N1CCC(C)(CC)C1. The Morgan fingerprint density at radius 1 is 1.38 bits per heavy atom. The number of benzene rings is 1. The number of fused-ring (bicyclic) bond motifs is 1. The summed E-state index contributed by atoms with van der Waals surface area (Å²) in [6.45, 7) is 10.8. The van der Waals surface area contributed by atoms with Crippen molar-refractivity contribution >= 4 is 5.96 Å². The first-order chi connectivity index (χ1) is 12.5. The second-order valence-electron chi connectivity index (χ2n) is 7.49. The van der Waals surface area contributed by atoms with Gasteiger partial charge in [-0.15, -0.1) is 0 Å². The number of hydrogen-bond donors (Lipinski definition) is 1. The van der Waals surface area contributed by atoms with Crippen molar-refractivity contribution < 1.29 is 13.9 Å². The van der Waals surface area contributed by atoms with Crippen LogP contribution in [0.25, 0.3) is 0 Å². The first-order valence-electron chi connectivity index (χ1n) is 9.60. The molecule has 1 aromatic rings. The summed E-state index contributed by atoms with van der Waals surface area (Å²) in [4.78, 5) is 7.14. The highest BCUT2D eigenvalue weighted by molar-refractivity contribution is 5.80. The average Bonchev–Trinajstić information content (AvgIpc) is 3.03. The molecule has 2 heterocycles. The molecule has 1 saturated heterocycles. The van der Waals surface area contributed by atoms with E-state index < -0.39 is 0 Å². The van der Waals surface area contributed by atoms with Gasteiger partial charge in [-0.05, 0) is 49.3 Å². The molecule has 5 nitrogen and oxygen atoms in total. The van der Waals surface area contributed by atoms with Crippen molar-refractivity contribution in [1.82, 2.24) is 10.2 Å². The normalized spacial score (nSPS) is 22.9. The lowest BCUT2D eigenvalue weighted by molar-refractivity contribution is -0.0172. The van der Waals surface area contributed by atoms with Gasteiger partial charge in [0.2, 0.25) is 0 Å². The Morgan fingerprint density at radius 3 is 2.96 bits per heavy atom. The van der Waals surface area contributed by atoms with Crippen LogP contribution in [0.1, 0.15) is 44.7 Å². The Hall–Kier alpha value is -1.82. The van der Waals surface area contributed by atoms with Gasteiger partial charge >= 0.3 is 0 Å². The van der Waals surface area contributed by atoms with Crippen molar-refractivity contribution in [1.29, 1.82) is 0 Å². The Bertz CT molecular complexity index is 665. The minimum atomic E-state index is -0.248. The number of aliphatic imine (C=N–C) groups is 1. The summed E-state index contributed by atoms with van der Waals surface area (Å²) in [6.07, 6.45) is 3.02. The summed E-state index contributed by atoms with van der Waals surface area (Å²) >= 11 is 0. The first kappa shape index (κ1) is 19.0. The largest absolute Gasteiger partial charge is 0.467 e. The van der Waals surface area contributed by atoms with E-state index in [1.165, 1.54) is 18.9 Å². The second kappa shape index (κ2) is 8.25. The van der Waals surface area contributed by atoms with Crippen molar-refractivity contribution in [3.63, 3.8) is 0 Å². The number of nitrogens with zero attached hydrogens (tertiary/aromatic N) is 2. The van der Waals surface area contributed by atoms with E-state index in [2.05, 4.69) is 31.0 Å². The molecular formula is C20H30FN3O2. The third kappa shape index (κ3) is 4.29. The van der Waals surface area contributed by atoms with Crippen molar-refractivity contribution in [2.24, 2.45) is 10.4 Å². The third-order valence-electron chi connectivity index (χ3n) is 5.44. The van der Waals surface area contributed by atoms with Crippen molar-refractivity contribution in [2.75, 3.05) is 33.0 Å². The molecule has 1 N–H and O–H groups in total. The zero-order valence-electron chi connectivity index (χ0n) is 16.1. The predicted octanol–water partition coefficient (Wildman–Crippen LogP) is 3.32. The summed E-state index contributed by atoms with van der Waals surface area (Å²) in [7, 11) is 0. The van der Waals surface area contributed by atoms with Gasteiger partial charge in [0.15, 0.2) is 12.8 Å². The maximum Gasteiger partial charge on any atom is 0.193 e. The number of ether oxygens (including phenoxy) is 2. The van der Waals surface area contributed by atoms with Gasteiger partial charge in [0.05, 0.1) is 6.61 Å². The molecule has 6 heteroatoms. The Morgan fingerprint density at radius 2 is 2.23 bits per heavy atom. The number of rotatable bonds is 5. The lowest BCUT2D eigenvalue weighted by atomic mass is 9.87.